The highest BCUT2D eigenvalue weighted by Crippen LogP contribution is 2.29. The fourth-order valence-corrected chi connectivity index (χ4v) is 3.07. The van der Waals surface area contributed by atoms with Gasteiger partial charge in [0, 0.05) is 12.1 Å². The summed E-state index contributed by atoms with van der Waals surface area (Å²) in [4.78, 5) is 4.45. The van der Waals surface area contributed by atoms with Crippen LogP contribution in [0.1, 0.15) is 51.4 Å². The molecule has 0 bridgehead atoms. The minimum absolute atomic E-state index is 0.290. The van der Waals surface area contributed by atoms with Crippen LogP contribution in [0.5, 0.6) is 0 Å². The molecule has 0 fully saturated rings. The Hall–Kier alpha value is -0.610. The summed E-state index contributed by atoms with van der Waals surface area (Å²) >= 11 is 9.25. The van der Waals surface area contributed by atoms with Crippen LogP contribution in [0.25, 0.3) is 11.0 Å². The Morgan fingerprint density at radius 3 is 2.80 bits per heavy atom. The van der Waals surface area contributed by atoms with Crippen molar-refractivity contribution in [1.82, 2.24) is 9.55 Å². The van der Waals surface area contributed by atoms with Crippen LogP contribution in [0.4, 0.5) is 4.39 Å². The zero-order valence-electron chi connectivity index (χ0n) is 11.8. The maximum atomic E-state index is 13.6. The SMILES string of the molecule is CCCCCC(C)n1c(CCl)nc2cc(F)c(Br)cc21. The Morgan fingerprint density at radius 1 is 1.40 bits per heavy atom. The van der Waals surface area contributed by atoms with Gasteiger partial charge in [-0.2, -0.15) is 0 Å². The predicted molar refractivity (Wildman–Crippen MR) is 85.8 cm³/mol. The summed E-state index contributed by atoms with van der Waals surface area (Å²) in [6.45, 7) is 4.37. The van der Waals surface area contributed by atoms with Gasteiger partial charge in [0.05, 0.1) is 21.4 Å². The number of benzene rings is 1. The molecule has 0 aliphatic heterocycles. The first-order valence-corrected chi connectivity index (χ1v) is 8.33. The second-order valence-electron chi connectivity index (χ2n) is 5.13. The van der Waals surface area contributed by atoms with Crippen molar-refractivity contribution in [3.05, 3.63) is 28.2 Å². The molecule has 1 unspecified atom stereocenters. The minimum Gasteiger partial charge on any atom is -0.324 e. The molecule has 110 valence electrons. The molecule has 0 aliphatic rings. The molecule has 2 nitrogen and oxygen atoms in total. The maximum absolute atomic E-state index is 13.6. The monoisotopic (exact) mass is 360 g/mol. The van der Waals surface area contributed by atoms with Crippen LogP contribution in [0.15, 0.2) is 16.6 Å². The van der Waals surface area contributed by atoms with Gasteiger partial charge in [0.15, 0.2) is 0 Å². The van der Waals surface area contributed by atoms with Gasteiger partial charge in [-0.05, 0) is 35.3 Å². The fourth-order valence-electron chi connectivity index (χ4n) is 2.55. The van der Waals surface area contributed by atoms with E-state index < -0.39 is 0 Å². The van der Waals surface area contributed by atoms with E-state index in [2.05, 4.69) is 39.3 Å². The van der Waals surface area contributed by atoms with Crippen LogP contribution < -0.4 is 0 Å². The largest absolute Gasteiger partial charge is 0.324 e. The first kappa shape index (κ1) is 15.8. The number of alkyl halides is 1. The molecular weight excluding hydrogens is 343 g/mol. The number of hydrogen-bond donors (Lipinski definition) is 0. The van der Waals surface area contributed by atoms with Crippen molar-refractivity contribution in [2.24, 2.45) is 0 Å². The van der Waals surface area contributed by atoms with E-state index in [4.69, 9.17) is 11.6 Å². The van der Waals surface area contributed by atoms with Crippen LogP contribution in [-0.4, -0.2) is 9.55 Å². The maximum Gasteiger partial charge on any atom is 0.139 e. The van der Waals surface area contributed by atoms with Gasteiger partial charge in [-0.1, -0.05) is 26.2 Å². The topological polar surface area (TPSA) is 17.8 Å². The Labute approximate surface area is 132 Å². The lowest BCUT2D eigenvalue weighted by Crippen LogP contribution is -2.08. The van der Waals surface area contributed by atoms with Gasteiger partial charge in [-0.15, -0.1) is 11.6 Å². The molecular formula is C15H19BrClFN2. The number of hydrogen-bond acceptors (Lipinski definition) is 1. The summed E-state index contributed by atoms with van der Waals surface area (Å²) in [6.07, 6.45) is 4.70. The number of imidazole rings is 1. The van der Waals surface area contributed by atoms with Crippen molar-refractivity contribution in [2.75, 3.05) is 0 Å². The Bertz CT molecular complexity index is 597. The highest BCUT2D eigenvalue weighted by atomic mass is 79.9. The highest BCUT2D eigenvalue weighted by molar-refractivity contribution is 9.10. The van der Waals surface area contributed by atoms with E-state index in [0.717, 1.165) is 17.8 Å². The van der Waals surface area contributed by atoms with Crippen LogP contribution in [0.2, 0.25) is 0 Å². The third-order valence-electron chi connectivity index (χ3n) is 3.59. The van der Waals surface area contributed by atoms with E-state index in [1.54, 1.807) is 6.07 Å². The summed E-state index contributed by atoms with van der Waals surface area (Å²) < 4.78 is 16.2. The number of fused-ring (bicyclic) bond motifs is 1. The molecule has 0 saturated carbocycles. The Kier molecular flexibility index (Phi) is 5.44. The van der Waals surface area contributed by atoms with Gasteiger partial charge >= 0.3 is 0 Å². The number of unbranched alkanes of at least 4 members (excludes halogenated alkanes) is 2. The average Bonchev–Trinajstić information content (AvgIpc) is 2.77. The van der Waals surface area contributed by atoms with E-state index in [1.807, 2.05) is 0 Å². The van der Waals surface area contributed by atoms with Gasteiger partial charge < -0.3 is 4.57 Å². The second-order valence-corrected chi connectivity index (χ2v) is 6.25. The molecule has 1 aromatic carbocycles. The number of halogens is 3. The van der Waals surface area contributed by atoms with Gasteiger partial charge in [0.1, 0.15) is 11.6 Å². The lowest BCUT2D eigenvalue weighted by Gasteiger charge is -2.17. The summed E-state index contributed by atoms with van der Waals surface area (Å²) in [5.74, 6) is 0.858. The predicted octanol–water partition coefficient (Wildman–Crippen LogP) is 5.82. The molecule has 5 heteroatoms. The third-order valence-corrected chi connectivity index (χ3v) is 4.44. The van der Waals surface area contributed by atoms with E-state index in [0.29, 0.717) is 21.9 Å². The second kappa shape index (κ2) is 6.90. The normalized spacial score (nSPS) is 13.1. The lowest BCUT2D eigenvalue weighted by atomic mass is 10.1. The molecule has 1 heterocycles. The van der Waals surface area contributed by atoms with E-state index in [9.17, 15) is 4.39 Å². The van der Waals surface area contributed by atoms with E-state index in [1.165, 1.54) is 25.3 Å². The molecule has 0 saturated heterocycles. The molecule has 0 radical (unpaired) electrons. The lowest BCUT2D eigenvalue weighted by molar-refractivity contribution is 0.477. The Morgan fingerprint density at radius 2 is 2.15 bits per heavy atom. The summed E-state index contributed by atoms with van der Waals surface area (Å²) in [5.41, 5.74) is 1.61. The molecule has 0 amide bonds. The van der Waals surface area contributed by atoms with Gasteiger partial charge in [0.25, 0.3) is 0 Å². The first-order chi connectivity index (χ1) is 9.58. The standard InChI is InChI=1S/C15H19BrClFN2/c1-3-4-5-6-10(2)20-14-7-11(16)12(18)8-13(14)19-15(20)9-17/h7-8,10H,3-6,9H2,1-2H3. The Balaban J connectivity index is 2.41. The molecule has 2 aromatic rings. The smallest absolute Gasteiger partial charge is 0.139 e. The molecule has 2 rings (SSSR count). The molecule has 0 spiro atoms. The highest BCUT2D eigenvalue weighted by Gasteiger charge is 2.16. The number of rotatable bonds is 6. The summed E-state index contributed by atoms with van der Waals surface area (Å²) in [6, 6.07) is 3.58. The van der Waals surface area contributed by atoms with Crippen molar-refractivity contribution >= 4 is 38.6 Å². The number of nitrogens with zero attached hydrogens (tertiary/aromatic N) is 2. The van der Waals surface area contributed by atoms with Crippen LogP contribution in [-0.2, 0) is 5.88 Å². The third kappa shape index (κ3) is 3.17. The molecule has 1 aromatic heterocycles. The molecule has 20 heavy (non-hydrogen) atoms. The van der Waals surface area contributed by atoms with E-state index in [-0.39, 0.29) is 5.82 Å². The van der Waals surface area contributed by atoms with Crippen molar-refractivity contribution in [3.8, 4) is 0 Å². The van der Waals surface area contributed by atoms with E-state index >= 15 is 0 Å². The van der Waals surface area contributed by atoms with Gasteiger partial charge in [0.2, 0.25) is 0 Å². The molecule has 0 aliphatic carbocycles. The zero-order chi connectivity index (χ0) is 14.7. The number of aromatic nitrogens is 2. The summed E-state index contributed by atoms with van der Waals surface area (Å²) in [5, 5.41) is 0. The van der Waals surface area contributed by atoms with Crippen molar-refractivity contribution in [1.29, 1.82) is 0 Å². The zero-order valence-corrected chi connectivity index (χ0v) is 14.1. The fraction of sp³-hybridized carbons (Fsp3) is 0.533. The molecule has 0 N–H and O–H groups in total. The van der Waals surface area contributed by atoms with Gasteiger partial charge in [-0.3, -0.25) is 0 Å². The van der Waals surface area contributed by atoms with Crippen molar-refractivity contribution in [2.45, 2.75) is 51.5 Å². The van der Waals surface area contributed by atoms with Crippen LogP contribution in [0, 0.1) is 5.82 Å². The van der Waals surface area contributed by atoms with Crippen molar-refractivity contribution < 1.29 is 4.39 Å². The minimum atomic E-state index is -0.290. The quantitative estimate of drug-likeness (QED) is 0.468. The molecule has 1 atom stereocenters. The first-order valence-electron chi connectivity index (χ1n) is 7.00. The summed E-state index contributed by atoms with van der Waals surface area (Å²) in [7, 11) is 0. The van der Waals surface area contributed by atoms with Gasteiger partial charge in [-0.25, -0.2) is 9.37 Å². The van der Waals surface area contributed by atoms with Crippen LogP contribution >= 0.6 is 27.5 Å². The van der Waals surface area contributed by atoms with Crippen LogP contribution in [0.3, 0.4) is 0 Å². The van der Waals surface area contributed by atoms with Crippen molar-refractivity contribution in [3.63, 3.8) is 0 Å². The average molecular weight is 362 g/mol.